The van der Waals surface area contributed by atoms with Crippen molar-refractivity contribution in [2.24, 2.45) is 5.92 Å². The first kappa shape index (κ1) is 26.9. The summed E-state index contributed by atoms with van der Waals surface area (Å²) < 4.78 is 33.5. The molecule has 0 radical (unpaired) electrons. The SMILES string of the molecule is O=C1N[C@@](c2ccccc2)(c2ccc(-c3ccccc3S(=O)(=O)O)c(O)c2)[C@H]1CC[C@H](O)c1ccccc1Cl. The second-order valence-corrected chi connectivity index (χ2v) is 11.3. The number of nitrogens with one attached hydrogen (secondary N) is 1. The molecule has 0 aromatic heterocycles. The predicted octanol–water partition coefficient (Wildman–Crippen LogP) is 5.46. The van der Waals surface area contributed by atoms with Crippen molar-refractivity contribution in [1.29, 1.82) is 0 Å². The molecule has 1 amide bonds. The lowest BCUT2D eigenvalue weighted by Crippen LogP contribution is -2.67. The molecule has 0 unspecified atom stereocenters. The summed E-state index contributed by atoms with van der Waals surface area (Å²) in [5.74, 6) is -0.965. The number of benzene rings is 4. The van der Waals surface area contributed by atoms with E-state index in [1.165, 1.54) is 24.3 Å². The fourth-order valence-corrected chi connectivity index (χ4v) is 6.36. The van der Waals surface area contributed by atoms with Gasteiger partial charge in [0.1, 0.15) is 16.2 Å². The molecule has 9 heteroatoms. The van der Waals surface area contributed by atoms with Crippen molar-refractivity contribution in [3.8, 4) is 16.9 Å². The molecule has 1 aliphatic rings. The number of hydrogen-bond acceptors (Lipinski definition) is 5. The minimum absolute atomic E-state index is 0.148. The van der Waals surface area contributed by atoms with Gasteiger partial charge in [-0.3, -0.25) is 9.35 Å². The van der Waals surface area contributed by atoms with E-state index in [4.69, 9.17) is 11.6 Å². The van der Waals surface area contributed by atoms with Crippen molar-refractivity contribution >= 4 is 27.6 Å². The summed E-state index contributed by atoms with van der Waals surface area (Å²) in [7, 11) is -4.53. The van der Waals surface area contributed by atoms with E-state index in [1.54, 1.807) is 42.5 Å². The zero-order valence-electron chi connectivity index (χ0n) is 20.7. The first-order valence-electron chi connectivity index (χ1n) is 12.3. The number of β-lactam (4-membered cyclic amide) rings is 1. The molecule has 4 aromatic carbocycles. The van der Waals surface area contributed by atoms with Gasteiger partial charge in [0.05, 0.1) is 12.0 Å². The number of aliphatic hydroxyl groups is 1. The van der Waals surface area contributed by atoms with E-state index in [9.17, 15) is 28.0 Å². The van der Waals surface area contributed by atoms with Crippen LogP contribution in [0.3, 0.4) is 0 Å². The van der Waals surface area contributed by atoms with E-state index >= 15 is 0 Å². The van der Waals surface area contributed by atoms with E-state index in [-0.39, 0.29) is 34.1 Å². The molecule has 39 heavy (non-hydrogen) atoms. The first-order chi connectivity index (χ1) is 18.6. The fourth-order valence-electron chi connectivity index (χ4n) is 5.39. The number of halogens is 1. The Morgan fingerprint density at radius 2 is 1.54 bits per heavy atom. The monoisotopic (exact) mass is 563 g/mol. The minimum Gasteiger partial charge on any atom is -0.507 e. The quantitative estimate of drug-likeness (QED) is 0.167. The molecule has 200 valence electrons. The lowest BCUT2D eigenvalue weighted by Gasteiger charge is -2.50. The number of aromatic hydroxyl groups is 1. The molecule has 0 spiro atoms. The molecule has 1 saturated heterocycles. The second kappa shape index (κ2) is 10.5. The summed E-state index contributed by atoms with van der Waals surface area (Å²) in [6.07, 6.45) is -0.253. The number of carbonyl (C=O) groups excluding carboxylic acids is 1. The summed E-state index contributed by atoms with van der Waals surface area (Å²) in [5.41, 5.74) is 1.35. The maximum atomic E-state index is 13.0. The van der Waals surface area contributed by atoms with Crippen LogP contribution in [-0.2, 0) is 20.5 Å². The number of rotatable bonds is 8. The molecule has 4 aromatic rings. The van der Waals surface area contributed by atoms with Gasteiger partial charge in [-0.1, -0.05) is 90.5 Å². The Morgan fingerprint density at radius 3 is 2.21 bits per heavy atom. The zero-order valence-corrected chi connectivity index (χ0v) is 22.2. The van der Waals surface area contributed by atoms with Crippen molar-refractivity contribution in [3.63, 3.8) is 0 Å². The third-order valence-corrected chi connectivity index (χ3v) is 8.55. The molecule has 1 heterocycles. The molecule has 3 atom stereocenters. The van der Waals surface area contributed by atoms with E-state index in [0.29, 0.717) is 22.6 Å². The van der Waals surface area contributed by atoms with Gasteiger partial charge >= 0.3 is 0 Å². The molecular formula is C30H26ClNO6S. The Kier molecular flexibility index (Phi) is 7.22. The molecule has 0 bridgehead atoms. The van der Waals surface area contributed by atoms with Crippen LogP contribution in [0.25, 0.3) is 11.1 Å². The van der Waals surface area contributed by atoms with Gasteiger partial charge in [0.15, 0.2) is 0 Å². The standard InChI is InChI=1S/C30H26ClNO6S/c31-25-12-6-4-11-23(25)26(33)17-16-24-29(35)32-30(24,19-8-2-1-3-9-19)20-14-15-21(27(34)18-20)22-10-5-7-13-28(22)39(36,37)38/h1-15,18,24,26,33-34H,16-17H2,(H,32,35)(H,36,37,38)/t24-,26-,30-/m0/s1. The van der Waals surface area contributed by atoms with Crippen LogP contribution in [0.2, 0.25) is 5.02 Å². The highest BCUT2D eigenvalue weighted by atomic mass is 35.5. The predicted molar refractivity (Wildman–Crippen MR) is 148 cm³/mol. The molecular weight excluding hydrogens is 538 g/mol. The molecule has 0 aliphatic carbocycles. The van der Waals surface area contributed by atoms with Crippen molar-refractivity contribution in [2.45, 2.75) is 29.4 Å². The van der Waals surface area contributed by atoms with Crippen LogP contribution in [0.15, 0.2) is 102 Å². The Morgan fingerprint density at radius 1 is 0.872 bits per heavy atom. The highest BCUT2D eigenvalue weighted by Gasteiger charge is 2.55. The van der Waals surface area contributed by atoms with Gasteiger partial charge in [-0.2, -0.15) is 8.42 Å². The van der Waals surface area contributed by atoms with Crippen LogP contribution in [-0.4, -0.2) is 29.1 Å². The average Bonchev–Trinajstić information content (AvgIpc) is 2.91. The summed E-state index contributed by atoms with van der Waals surface area (Å²) in [5, 5.41) is 25.4. The van der Waals surface area contributed by atoms with Gasteiger partial charge in [0, 0.05) is 16.1 Å². The largest absolute Gasteiger partial charge is 0.507 e. The van der Waals surface area contributed by atoms with Crippen LogP contribution in [0, 0.1) is 5.92 Å². The second-order valence-electron chi connectivity index (χ2n) is 9.53. The summed E-state index contributed by atoms with van der Waals surface area (Å²) in [4.78, 5) is 12.6. The van der Waals surface area contributed by atoms with Crippen LogP contribution < -0.4 is 5.32 Å². The summed E-state index contributed by atoms with van der Waals surface area (Å²) in [6, 6.07) is 27.0. The molecule has 5 rings (SSSR count). The molecule has 7 nitrogen and oxygen atoms in total. The van der Waals surface area contributed by atoms with Gasteiger partial charge in [0.25, 0.3) is 10.1 Å². The van der Waals surface area contributed by atoms with E-state index in [0.717, 1.165) is 5.56 Å². The lowest BCUT2D eigenvalue weighted by molar-refractivity contribution is -0.140. The van der Waals surface area contributed by atoms with E-state index in [1.807, 2.05) is 30.3 Å². The smallest absolute Gasteiger partial charge is 0.295 e. The van der Waals surface area contributed by atoms with E-state index < -0.39 is 27.7 Å². The Balaban J connectivity index is 1.54. The minimum atomic E-state index is -4.53. The van der Waals surface area contributed by atoms with Crippen LogP contribution in [0.1, 0.15) is 35.6 Å². The maximum Gasteiger partial charge on any atom is 0.295 e. The van der Waals surface area contributed by atoms with Crippen LogP contribution in [0.4, 0.5) is 0 Å². The van der Waals surface area contributed by atoms with Crippen molar-refractivity contribution in [2.75, 3.05) is 0 Å². The summed E-state index contributed by atoms with van der Waals surface area (Å²) in [6.45, 7) is 0. The van der Waals surface area contributed by atoms with Gasteiger partial charge in [-0.15, -0.1) is 0 Å². The highest BCUT2D eigenvalue weighted by molar-refractivity contribution is 7.86. The summed E-state index contributed by atoms with van der Waals surface area (Å²) >= 11 is 6.26. The number of amides is 1. The molecule has 0 saturated carbocycles. The van der Waals surface area contributed by atoms with Gasteiger partial charge in [-0.05, 0) is 47.7 Å². The number of aliphatic hydroxyl groups excluding tert-OH is 1. The fraction of sp³-hybridized carbons (Fsp3) is 0.167. The average molecular weight is 564 g/mol. The van der Waals surface area contributed by atoms with Gasteiger partial charge in [-0.25, -0.2) is 0 Å². The third-order valence-electron chi connectivity index (χ3n) is 7.29. The van der Waals surface area contributed by atoms with Crippen LogP contribution >= 0.6 is 11.6 Å². The Hall–Kier alpha value is -3.69. The number of phenolic OH excluding ortho intramolecular Hbond substituents is 1. The normalized spacial score (nSPS) is 19.7. The number of carbonyl (C=O) groups is 1. The Labute approximate surface area is 231 Å². The topological polar surface area (TPSA) is 124 Å². The van der Waals surface area contributed by atoms with Gasteiger partial charge in [0.2, 0.25) is 5.91 Å². The highest BCUT2D eigenvalue weighted by Crippen LogP contribution is 2.48. The van der Waals surface area contributed by atoms with Crippen molar-refractivity contribution in [1.82, 2.24) is 5.32 Å². The van der Waals surface area contributed by atoms with Crippen molar-refractivity contribution in [3.05, 3.63) is 119 Å². The lowest BCUT2D eigenvalue weighted by atomic mass is 9.64. The Bertz CT molecular complexity index is 1640. The maximum absolute atomic E-state index is 13.0. The van der Waals surface area contributed by atoms with Crippen molar-refractivity contribution < 1.29 is 28.0 Å². The zero-order chi connectivity index (χ0) is 27.8. The number of phenols is 1. The first-order valence-corrected chi connectivity index (χ1v) is 14.1. The molecule has 1 aliphatic heterocycles. The van der Waals surface area contributed by atoms with Crippen LogP contribution in [0.5, 0.6) is 5.75 Å². The molecule has 4 N–H and O–H groups in total. The van der Waals surface area contributed by atoms with E-state index in [2.05, 4.69) is 5.32 Å². The molecule has 1 fully saturated rings. The number of hydrogen-bond donors (Lipinski definition) is 4. The third kappa shape index (κ3) is 4.92. The van der Waals surface area contributed by atoms with Gasteiger partial charge < -0.3 is 15.5 Å².